The third kappa shape index (κ3) is 5.99. The second-order valence-corrected chi connectivity index (χ2v) is 8.84. The van der Waals surface area contributed by atoms with Crippen molar-refractivity contribution < 1.29 is 9.90 Å². The van der Waals surface area contributed by atoms with Crippen molar-refractivity contribution >= 4 is 5.91 Å². The molecule has 0 unspecified atom stereocenters. The smallest absolute Gasteiger partial charge is 0.234 e. The van der Waals surface area contributed by atoms with Crippen molar-refractivity contribution in [2.45, 2.75) is 59.5 Å². The molecule has 0 aromatic heterocycles. The van der Waals surface area contributed by atoms with Crippen LogP contribution in [-0.4, -0.2) is 59.1 Å². The number of nitrogens with zero attached hydrogens (tertiary/aromatic N) is 2. The standard InChI is InChI=1S/C21H35N3O2/c1-15(2)18-12-17(19(25)11-16(18)3)13-23-7-9-24(10-8-23)14-20(26)22-21(4,5)6/h11-12,15,25H,7-10,13-14H2,1-6H3,(H,22,26). The number of phenolic OH excluding ortho intramolecular Hbond substituents is 1. The topological polar surface area (TPSA) is 55.8 Å². The van der Waals surface area contributed by atoms with E-state index < -0.39 is 0 Å². The number of benzene rings is 1. The van der Waals surface area contributed by atoms with E-state index in [0.717, 1.165) is 43.9 Å². The van der Waals surface area contributed by atoms with E-state index in [4.69, 9.17) is 0 Å². The van der Waals surface area contributed by atoms with Gasteiger partial charge in [0, 0.05) is 43.8 Å². The van der Waals surface area contributed by atoms with E-state index in [1.165, 1.54) is 5.56 Å². The molecule has 1 aliphatic heterocycles. The van der Waals surface area contributed by atoms with Gasteiger partial charge in [0.15, 0.2) is 0 Å². The molecule has 1 aromatic rings. The fourth-order valence-electron chi connectivity index (χ4n) is 3.51. The molecule has 0 aliphatic carbocycles. The Morgan fingerprint density at radius 2 is 1.73 bits per heavy atom. The fraction of sp³-hybridized carbons (Fsp3) is 0.667. The first-order valence-electron chi connectivity index (χ1n) is 9.63. The molecule has 5 nitrogen and oxygen atoms in total. The molecule has 5 heteroatoms. The highest BCUT2D eigenvalue weighted by Crippen LogP contribution is 2.28. The number of carbonyl (C=O) groups excluding carboxylic acids is 1. The monoisotopic (exact) mass is 361 g/mol. The summed E-state index contributed by atoms with van der Waals surface area (Å²) in [6.07, 6.45) is 0. The molecule has 0 atom stereocenters. The lowest BCUT2D eigenvalue weighted by Crippen LogP contribution is -2.51. The number of rotatable bonds is 5. The lowest BCUT2D eigenvalue weighted by molar-refractivity contribution is -0.124. The number of carbonyl (C=O) groups is 1. The van der Waals surface area contributed by atoms with E-state index in [-0.39, 0.29) is 11.4 Å². The molecule has 1 amide bonds. The van der Waals surface area contributed by atoms with Crippen molar-refractivity contribution in [1.82, 2.24) is 15.1 Å². The number of hydrogen-bond donors (Lipinski definition) is 2. The van der Waals surface area contributed by atoms with Gasteiger partial charge in [-0.3, -0.25) is 14.6 Å². The summed E-state index contributed by atoms with van der Waals surface area (Å²) in [6.45, 7) is 17.2. The summed E-state index contributed by atoms with van der Waals surface area (Å²) in [4.78, 5) is 16.6. The number of aromatic hydroxyl groups is 1. The first-order valence-corrected chi connectivity index (χ1v) is 9.63. The Labute approximate surface area is 158 Å². The molecule has 1 aliphatic rings. The van der Waals surface area contributed by atoms with Gasteiger partial charge in [-0.15, -0.1) is 0 Å². The van der Waals surface area contributed by atoms with Crippen molar-refractivity contribution in [2.75, 3.05) is 32.7 Å². The third-order valence-corrected chi connectivity index (χ3v) is 4.83. The van der Waals surface area contributed by atoms with Gasteiger partial charge >= 0.3 is 0 Å². The van der Waals surface area contributed by atoms with Crippen LogP contribution in [0.15, 0.2) is 12.1 Å². The second-order valence-electron chi connectivity index (χ2n) is 8.84. The zero-order valence-corrected chi connectivity index (χ0v) is 17.2. The number of nitrogens with one attached hydrogen (secondary N) is 1. The van der Waals surface area contributed by atoms with Crippen molar-refractivity contribution in [1.29, 1.82) is 0 Å². The molecule has 0 radical (unpaired) electrons. The van der Waals surface area contributed by atoms with Crippen LogP contribution in [0, 0.1) is 6.92 Å². The molecular formula is C21H35N3O2. The number of piperazine rings is 1. The van der Waals surface area contributed by atoms with Crippen molar-refractivity contribution in [2.24, 2.45) is 0 Å². The maximum absolute atomic E-state index is 12.1. The summed E-state index contributed by atoms with van der Waals surface area (Å²) in [5.74, 6) is 0.926. The Morgan fingerprint density at radius 3 is 2.27 bits per heavy atom. The first kappa shape index (κ1) is 20.7. The zero-order chi connectivity index (χ0) is 19.5. The largest absolute Gasteiger partial charge is 0.508 e. The van der Waals surface area contributed by atoms with E-state index in [1.54, 1.807) is 0 Å². The summed E-state index contributed by atoms with van der Waals surface area (Å²) in [6, 6.07) is 4.04. The van der Waals surface area contributed by atoms with Crippen LogP contribution >= 0.6 is 0 Å². The minimum Gasteiger partial charge on any atom is -0.508 e. The number of aryl methyl sites for hydroxylation is 1. The molecule has 1 heterocycles. The van der Waals surface area contributed by atoms with Crippen molar-refractivity contribution in [3.8, 4) is 5.75 Å². The highest BCUT2D eigenvalue weighted by atomic mass is 16.3. The Morgan fingerprint density at radius 1 is 1.15 bits per heavy atom. The van der Waals surface area contributed by atoms with E-state index in [0.29, 0.717) is 18.2 Å². The van der Waals surface area contributed by atoms with Gasteiger partial charge in [-0.25, -0.2) is 0 Å². The van der Waals surface area contributed by atoms with Gasteiger partial charge in [-0.05, 0) is 50.8 Å². The van der Waals surface area contributed by atoms with Gasteiger partial charge in [0.2, 0.25) is 5.91 Å². The van der Waals surface area contributed by atoms with Gasteiger partial charge in [-0.1, -0.05) is 19.9 Å². The minimum atomic E-state index is -0.185. The lowest BCUT2D eigenvalue weighted by atomic mass is 9.95. The molecule has 2 rings (SSSR count). The normalized spacial score (nSPS) is 16.9. The van der Waals surface area contributed by atoms with Crippen LogP contribution in [0.3, 0.4) is 0 Å². The summed E-state index contributed by atoms with van der Waals surface area (Å²) in [7, 11) is 0. The Hall–Kier alpha value is -1.59. The first-order chi connectivity index (χ1) is 12.0. The number of hydrogen-bond acceptors (Lipinski definition) is 4. The average molecular weight is 362 g/mol. The van der Waals surface area contributed by atoms with Crippen molar-refractivity contribution in [3.05, 3.63) is 28.8 Å². The van der Waals surface area contributed by atoms with Crippen LogP contribution in [0.2, 0.25) is 0 Å². The zero-order valence-electron chi connectivity index (χ0n) is 17.2. The molecule has 1 aromatic carbocycles. The molecule has 2 N–H and O–H groups in total. The molecule has 146 valence electrons. The molecule has 26 heavy (non-hydrogen) atoms. The van der Waals surface area contributed by atoms with Gasteiger partial charge in [0.25, 0.3) is 0 Å². The van der Waals surface area contributed by atoms with Gasteiger partial charge in [0.05, 0.1) is 6.54 Å². The summed E-state index contributed by atoms with van der Waals surface area (Å²) in [5.41, 5.74) is 3.26. The predicted molar refractivity (Wildman–Crippen MR) is 107 cm³/mol. The van der Waals surface area contributed by atoms with Crippen LogP contribution in [0.25, 0.3) is 0 Å². The maximum Gasteiger partial charge on any atom is 0.234 e. The van der Waals surface area contributed by atoms with Gasteiger partial charge < -0.3 is 10.4 Å². The van der Waals surface area contributed by atoms with Crippen LogP contribution in [0.5, 0.6) is 5.75 Å². The Balaban J connectivity index is 1.89. The van der Waals surface area contributed by atoms with Crippen LogP contribution in [-0.2, 0) is 11.3 Å². The summed E-state index contributed by atoms with van der Waals surface area (Å²) in [5, 5.41) is 13.3. The molecule has 1 saturated heterocycles. The third-order valence-electron chi connectivity index (χ3n) is 4.83. The molecule has 1 fully saturated rings. The summed E-state index contributed by atoms with van der Waals surface area (Å²) < 4.78 is 0. The van der Waals surface area contributed by atoms with Crippen molar-refractivity contribution in [3.63, 3.8) is 0 Å². The van der Waals surface area contributed by atoms with E-state index >= 15 is 0 Å². The predicted octanol–water partition coefficient (Wildman–Crippen LogP) is 2.86. The van der Waals surface area contributed by atoms with Gasteiger partial charge in [-0.2, -0.15) is 0 Å². The second kappa shape index (κ2) is 8.40. The average Bonchev–Trinajstić information content (AvgIpc) is 2.49. The Kier molecular flexibility index (Phi) is 6.69. The van der Waals surface area contributed by atoms with Gasteiger partial charge in [0.1, 0.15) is 5.75 Å². The highest BCUT2D eigenvalue weighted by molar-refractivity contribution is 5.78. The lowest BCUT2D eigenvalue weighted by Gasteiger charge is -2.35. The number of amides is 1. The highest BCUT2D eigenvalue weighted by Gasteiger charge is 2.22. The molecular weight excluding hydrogens is 326 g/mol. The Bertz CT molecular complexity index is 627. The minimum absolute atomic E-state index is 0.0868. The van der Waals surface area contributed by atoms with Crippen LogP contribution in [0.1, 0.15) is 57.2 Å². The van der Waals surface area contributed by atoms with E-state index in [1.807, 2.05) is 26.8 Å². The van der Waals surface area contributed by atoms with Crippen LogP contribution < -0.4 is 5.32 Å². The maximum atomic E-state index is 12.1. The van der Waals surface area contributed by atoms with E-state index in [9.17, 15) is 9.90 Å². The number of phenols is 1. The van der Waals surface area contributed by atoms with E-state index in [2.05, 4.69) is 42.0 Å². The SMILES string of the molecule is Cc1cc(O)c(CN2CCN(CC(=O)NC(C)(C)C)CC2)cc1C(C)C. The quantitative estimate of drug-likeness (QED) is 0.847. The van der Waals surface area contributed by atoms with Crippen LogP contribution in [0.4, 0.5) is 0 Å². The molecule has 0 spiro atoms. The molecule has 0 saturated carbocycles. The molecule has 0 bridgehead atoms. The fourth-order valence-corrected chi connectivity index (χ4v) is 3.51. The summed E-state index contributed by atoms with van der Waals surface area (Å²) >= 11 is 0.